The van der Waals surface area contributed by atoms with Gasteiger partial charge in [0.1, 0.15) is 0 Å². The fraction of sp³-hybridized carbons (Fsp3) is 0.0678. The molecule has 584 valence electrons. The molecule has 124 heavy (non-hydrogen) atoms. The molecule has 25 rings (SSSR count). The van der Waals surface area contributed by atoms with Gasteiger partial charge in [0.05, 0.1) is 61.4 Å². The lowest BCUT2D eigenvalue weighted by Crippen LogP contribution is -2.15. The highest BCUT2D eigenvalue weighted by Crippen LogP contribution is 2.54. The zero-order valence-corrected chi connectivity index (χ0v) is 69.2. The summed E-state index contributed by atoms with van der Waals surface area (Å²) in [5.41, 5.74) is 42.7. The van der Waals surface area contributed by atoms with E-state index in [2.05, 4.69) is 446 Å². The first-order valence-corrected chi connectivity index (χ1v) is 43.4. The number of benzene rings is 16. The van der Waals surface area contributed by atoms with E-state index in [0.29, 0.717) is 0 Å². The molecule has 3 aliphatic carbocycles. The zero-order valence-electron chi connectivity index (χ0n) is 69.2. The molecule has 0 fully saturated rings. The predicted molar refractivity (Wildman–Crippen MR) is 518 cm³/mol. The van der Waals surface area contributed by atoms with Crippen LogP contribution in [0, 0.1) is 0 Å². The van der Waals surface area contributed by atoms with E-state index >= 15 is 0 Å². The third-order valence-electron chi connectivity index (χ3n) is 27.5. The minimum Gasteiger partial charge on any atom is -0.310 e. The molecule has 0 aliphatic heterocycles. The monoisotopic (exact) mass is 1580 g/mol. The van der Waals surface area contributed by atoms with Crippen molar-refractivity contribution in [3.8, 4) is 135 Å². The van der Waals surface area contributed by atoms with E-state index in [1.165, 1.54) is 154 Å². The SMILES string of the molecule is CC1(C)c2cc(-c3cccc(-c4ccc5c(c4)C(C)(C)c4cc(-c6cc(-c7ccc(-n8c9ccccc9c9ccccc98)cc7)nc(-c7ccc(-n8c9ccccc9c9ccccc98)cc7)c6)ccc4-5)c3)ccc2-c2ccc(-c3cc(-c4ccc(-n5c6c(c7ccccc75)CCC=C6)cc4)nc(-c4ccc(-n5c6ccccc6c6ccccc65)cc4)c3)cc21. The van der Waals surface area contributed by atoms with Crippen LogP contribution in [0.25, 0.3) is 217 Å². The van der Waals surface area contributed by atoms with Gasteiger partial charge in [-0.1, -0.05) is 276 Å². The Labute approximate surface area is 719 Å². The summed E-state index contributed by atoms with van der Waals surface area (Å²) in [5.74, 6) is 0. The Morgan fingerprint density at radius 3 is 0.774 bits per heavy atom. The number of aryl methyl sites for hydroxylation is 1. The molecule has 0 saturated heterocycles. The van der Waals surface area contributed by atoms with Gasteiger partial charge in [-0.05, 0) is 259 Å². The lowest BCUT2D eigenvalue weighted by molar-refractivity contribution is 0.660. The van der Waals surface area contributed by atoms with Crippen molar-refractivity contribution in [2.24, 2.45) is 0 Å². The maximum absolute atomic E-state index is 5.57. The highest BCUT2D eigenvalue weighted by molar-refractivity contribution is 6.12. The van der Waals surface area contributed by atoms with Crippen LogP contribution in [0.3, 0.4) is 0 Å². The van der Waals surface area contributed by atoms with E-state index in [-0.39, 0.29) is 10.8 Å². The Balaban J connectivity index is 0.527. The number of nitrogens with zero attached hydrogens (tertiary/aromatic N) is 6. The van der Waals surface area contributed by atoms with E-state index in [0.717, 1.165) is 103 Å². The molecular weight excluding hydrogens is 1500 g/mol. The quantitative estimate of drug-likeness (QED) is 0.122. The Morgan fingerprint density at radius 2 is 0.468 bits per heavy atom. The van der Waals surface area contributed by atoms with Gasteiger partial charge in [-0.15, -0.1) is 0 Å². The first kappa shape index (κ1) is 71.4. The number of hydrogen-bond acceptors (Lipinski definition) is 2. The average Bonchev–Trinajstić information content (AvgIpc) is 1.57. The number of fused-ring (bicyclic) bond motifs is 18. The molecule has 0 atom stereocenters. The van der Waals surface area contributed by atoms with E-state index in [4.69, 9.17) is 9.97 Å². The lowest BCUT2D eigenvalue weighted by atomic mass is 9.80. The first-order valence-electron chi connectivity index (χ1n) is 43.4. The van der Waals surface area contributed by atoms with Crippen LogP contribution in [-0.2, 0) is 17.3 Å². The van der Waals surface area contributed by atoms with Gasteiger partial charge in [0.2, 0.25) is 0 Å². The van der Waals surface area contributed by atoms with E-state index < -0.39 is 0 Å². The Hall–Kier alpha value is -15.5. The molecule has 0 amide bonds. The number of rotatable bonds is 12. The molecule has 16 aromatic carbocycles. The molecule has 0 saturated carbocycles. The van der Waals surface area contributed by atoms with Gasteiger partial charge in [0, 0.05) is 99.2 Å². The van der Waals surface area contributed by atoms with Crippen molar-refractivity contribution in [2.75, 3.05) is 0 Å². The topological polar surface area (TPSA) is 45.5 Å². The van der Waals surface area contributed by atoms with Crippen LogP contribution >= 0.6 is 0 Å². The van der Waals surface area contributed by atoms with Gasteiger partial charge in [0.25, 0.3) is 0 Å². The number of pyridine rings is 2. The highest BCUT2D eigenvalue weighted by atomic mass is 15.0. The summed E-state index contributed by atoms with van der Waals surface area (Å²) in [6.07, 6.45) is 6.73. The molecular formula is C118H82N6. The van der Waals surface area contributed by atoms with Crippen molar-refractivity contribution >= 4 is 82.4 Å². The maximum atomic E-state index is 5.57. The van der Waals surface area contributed by atoms with Crippen molar-refractivity contribution in [3.05, 3.63) is 428 Å². The molecule has 0 spiro atoms. The molecule has 0 N–H and O–H groups in total. The summed E-state index contributed by atoms with van der Waals surface area (Å²) in [6, 6.07) is 144. The van der Waals surface area contributed by atoms with Crippen LogP contribution in [0.2, 0.25) is 0 Å². The molecule has 6 heteroatoms. The summed E-state index contributed by atoms with van der Waals surface area (Å²) in [4.78, 5) is 11.1. The van der Waals surface area contributed by atoms with Crippen LogP contribution < -0.4 is 0 Å². The number of allylic oxidation sites excluding steroid dienone is 1. The van der Waals surface area contributed by atoms with E-state index in [1.54, 1.807) is 0 Å². The second-order valence-electron chi connectivity index (χ2n) is 35.1. The minimum atomic E-state index is -0.299. The largest absolute Gasteiger partial charge is 0.310 e. The first-order chi connectivity index (χ1) is 60.9. The average molecular weight is 1580 g/mol. The number of aromatic nitrogens is 6. The molecule has 6 nitrogen and oxygen atoms in total. The fourth-order valence-electron chi connectivity index (χ4n) is 21.2. The molecule has 0 unspecified atom stereocenters. The fourth-order valence-corrected chi connectivity index (χ4v) is 21.2. The Kier molecular flexibility index (Phi) is 15.8. The van der Waals surface area contributed by atoms with Gasteiger partial charge in [0.15, 0.2) is 0 Å². The van der Waals surface area contributed by atoms with Gasteiger partial charge in [-0.25, -0.2) is 9.97 Å². The Bertz CT molecular complexity index is 7920. The van der Waals surface area contributed by atoms with E-state index in [9.17, 15) is 0 Å². The van der Waals surface area contributed by atoms with Crippen LogP contribution in [0.15, 0.2) is 394 Å². The van der Waals surface area contributed by atoms with Crippen molar-refractivity contribution in [1.82, 2.24) is 28.2 Å². The summed E-state index contributed by atoms with van der Waals surface area (Å²) < 4.78 is 9.58. The van der Waals surface area contributed by atoms with Crippen molar-refractivity contribution < 1.29 is 0 Å². The van der Waals surface area contributed by atoms with Crippen LogP contribution in [-0.4, -0.2) is 28.2 Å². The summed E-state index contributed by atoms with van der Waals surface area (Å²) >= 11 is 0. The predicted octanol–water partition coefficient (Wildman–Crippen LogP) is 30.6. The summed E-state index contributed by atoms with van der Waals surface area (Å²) in [6.45, 7) is 9.63. The molecule has 0 radical (unpaired) electrons. The second kappa shape index (κ2) is 27.5. The molecule has 3 aliphatic rings. The van der Waals surface area contributed by atoms with Gasteiger partial charge in [-0.3, -0.25) is 0 Å². The molecule has 6 heterocycles. The van der Waals surface area contributed by atoms with Crippen molar-refractivity contribution in [1.29, 1.82) is 0 Å². The van der Waals surface area contributed by atoms with Crippen molar-refractivity contribution in [2.45, 2.75) is 51.4 Å². The second-order valence-corrected chi connectivity index (χ2v) is 35.1. The zero-order chi connectivity index (χ0) is 82.2. The molecule has 6 aromatic heterocycles. The Morgan fingerprint density at radius 1 is 0.218 bits per heavy atom. The van der Waals surface area contributed by atoms with Crippen LogP contribution in [0.4, 0.5) is 0 Å². The van der Waals surface area contributed by atoms with Crippen LogP contribution in [0.5, 0.6) is 0 Å². The minimum absolute atomic E-state index is 0.296. The summed E-state index contributed by atoms with van der Waals surface area (Å²) in [7, 11) is 0. The third-order valence-corrected chi connectivity index (χ3v) is 27.5. The van der Waals surface area contributed by atoms with Gasteiger partial charge in [-0.2, -0.15) is 0 Å². The number of hydrogen-bond donors (Lipinski definition) is 0. The lowest BCUT2D eigenvalue weighted by Gasteiger charge is -2.23. The van der Waals surface area contributed by atoms with Gasteiger partial charge < -0.3 is 18.3 Å². The van der Waals surface area contributed by atoms with Crippen LogP contribution in [0.1, 0.15) is 67.6 Å². The van der Waals surface area contributed by atoms with Crippen molar-refractivity contribution in [3.63, 3.8) is 0 Å². The summed E-state index contributed by atoms with van der Waals surface area (Å²) in [5, 5.41) is 8.81. The smallest absolute Gasteiger partial charge is 0.0715 e. The maximum Gasteiger partial charge on any atom is 0.0715 e. The van der Waals surface area contributed by atoms with Gasteiger partial charge >= 0.3 is 0 Å². The van der Waals surface area contributed by atoms with E-state index in [1.807, 2.05) is 0 Å². The molecule has 0 bridgehead atoms. The number of para-hydroxylation sites is 7. The normalized spacial score (nSPS) is 13.5. The third kappa shape index (κ3) is 11.1. The highest BCUT2D eigenvalue weighted by Gasteiger charge is 2.38. The molecule has 22 aromatic rings. The standard InChI is InChI=1S/C118H82N6/c1-117(2)101-65-79(48-60-89(101)91-62-50-81(67-103(91)117)83-69-105(73-40-52-85(53-41-73)121-109-32-13-5-24-93(109)94-25-6-14-33-110(94)121)119-106(70-83)74-42-54-86(55-43-74)122-111-34-15-7-26-95(111)96-27-8-16-35-112(96)122)77-22-21-23-78(64-77)80-49-61-90-92-63-51-82(68-104(92)118(3,4)102(90)66-80)84-71-107(75-44-56-87(57-45-75)123-113-36-17-9-28-97(113)98-29-10-18-37-114(98)123)120-108(72-84)76-46-58-88(59-47-76)124-115-38-19-11-30-99(115)100-31-12-20-39-116(100)124/h5-11,13-30,32-72H,12,31H2,1-4H3.